The molecule has 0 aromatic heterocycles. The predicted molar refractivity (Wildman–Crippen MR) is 95.8 cm³/mol. The van der Waals surface area contributed by atoms with E-state index in [4.69, 9.17) is 0 Å². The minimum Gasteiger partial charge on any atom is -0.393 e. The van der Waals surface area contributed by atoms with E-state index in [1.807, 2.05) is 0 Å². The zero-order valence-corrected chi connectivity index (χ0v) is 15.0. The smallest absolute Gasteiger partial charge is 0.0540 e. The van der Waals surface area contributed by atoms with Gasteiger partial charge >= 0.3 is 0 Å². The molecule has 3 saturated carbocycles. The van der Waals surface area contributed by atoms with Crippen molar-refractivity contribution in [1.82, 2.24) is 10.6 Å². The van der Waals surface area contributed by atoms with E-state index in [-0.39, 0.29) is 12.2 Å². The fourth-order valence-corrected chi connectivity index (χ4v) is 6.01. The van der Waals surface area contributed by atoms with Crippen LogP contribution >= 0.6 is 0 Å². The maximum atomic E-state index is 9.89. The number of nitrogens with one attached hydrogen (secondary N) is 2. The summed E-state index contributed by atoms with van der Waals surface area (Å²) in [6.45, 7) is 0. The summed E-state index contributed by atoms with van der Waals surface area (Å²) in [7, 11) is 0. The number of aliphatic hydroxyl groups excluding tert-OH is 2. The Bertz CT molecular complexity index is 364. The molecular weight excluding hydrogens is 300 g/mol. The summed E-state index contributed by atoms with van der Waals surface area (Å²) in [4.78, 5) is 0. The maximum Gasteiger partial charge on any atom is 0.0540 e. The Kier molecular flexibility index (Phi) is 5.47. The van der Waals surface area contributed by atoms with E-state index in [1.54, 1.807) is 0 Å². The van der Waals surface area contributed by atoms with Crippen LogP contribution in [0.3, 0.4) is 0 Å². The van der Waals surface area contributed by atoms with Gasteiger partial charge in [-0.2, -0.15) is 0 Å². The lowest BCUT2D eigenvalue weighted by atomic mass is 9.70. The maximum absolute atomic E-state index is 9.89. The van der Waals surface area contributed by atoms with Crippen LogP contribution in [0.2, 0.25) is 0 Å². The number of hydrogen-bond donors (Lipinski definition) is 4. The average Bonchev–Trinajstić information content (AvgIpc) is 2.62. The topological polar surface area (TPSA) is 64.5 Å². The highest BCUT2D eigenvalue weighted by molar-refractivity contribution is 5.04. The lowest BCUT2D eigenvalue weighted by molar-refractivity contribution is 0.0338. The third kappa shape index (κ3) is 3.67. The first-order valence-corrected chi connectivity index (χ1v) is 10.6. The highest BCUT2D eigenvalue weighted by Gasteiger charge is 2.44. The van der Waals surface area contributed by atoms with E-state index in [0.29, 0.717) is 36.0 Å². The first kappa shape index (κ1) is 17.3. The van der Waals surface area contributed by atoms with Crippen LogP contribution in [0.15, 0.2) is 0 Å². The molecule has 4 rings (SSSR count). The lowest BCUT2D eigenvalue weighted by Crippen LogP contribution is -2.70. The van der Waals surface area contributed by atoms with Crippen molar-refractivity contribution in [1.29, 1.82) is 0 Å². The molecule has 3 aliphatic carbocycles. The number of hydrogen-bond acceptors (Lipinski definition) is 4. The van der Waals surface area contributed by atoms with Crippen molar-refractivity contribution < 1.29 is 10.2 Å². The fraction of sp³-hybridized carbons (Fsp3) is 1.00. The number of aliphatic hydroxyl groups is 2. The summed E-state index contributed by atoms with van der Waals surface area (Å²) in [6, 6.07) is 2.44. The van der Waals surface area contributed by atoms with Gasteiger partial charge in [0.25, 0.3) is 0 Å². The molecule has 24 heavy (non-hydrogen) atoms. The van der Waals surface area contributed by atoms with Gasteiger partial charge in [0.2, 0.25) is 0 Å². The summed E-state index contributed by atoms with van der Waals surface area (Å²) in [6.07, 6.45) is 13.8. The van der Waals surface area contributed by atoms with Gasteiger partial charge in [0.05, 0.1) is 12.2 Å². The van der Waals surface area contributed by atoms with Crippen LogP contribution in [-0.2, 0) is 0 Å². The van der Waals surface area contributed by atoms with Crippen molar-refractivity contribution in [3.63, 3.8) is 0 Å². The van der Waals surface area contributed by atoms with E-state index in [0.717, 1.165) is 25.7 Å². The summed E-state index contributed by atoms with van der Waals surface area (Å²) in [5.74, 6) is 1.42. The Morgan fingerprint density at radius 3 is 1.25 bits per heavy atom. The highest BCUT2D eigenvalue weighted by atomic mass is 16.3. The number of rotatable bonds is 2. The van der Waals surface area contributed by atoms with Crippen LogP contribution in [0.25, 0.3) is 0 Å². The molecule has 0 spiro atoms. The fourth-order valence-electron chi connectivity index (χ4n) is 6.01. The SMILES string of the molecule is OC1CCC(C2NC3CCCCC3NC2C2CCC(O)CC2)CC1. The number of fused-ring (bicyclic) bond motifs is 1. The molecule has 4 atom stereocenters. The second kappa shape index (κ2) is 7.61. The molecule has 4 nitrogen and oxygen atoms in total. The van der Waals surface area contributed by atoms with Gasteiger partial charge in [-0.15, -0.1) is 0 Å². The molecule has 1 aliphatic heterocycles. The van der Waals surface area contributed by atoms with Crippen molar-refractivity contribution in [3.8, 4) is 0 Å². The lowest BCUT2D eigenvalue weighted by Gasteiger charge is -2.52. The molecule has 0 bridgehead atoms. The summed E-state index contributed by atoms with van der Waals surface area (Å²) in [5, 5.41) is 28.0. The quantitative estimate of drug-likeness (QED) is 0.625. The Balaban J connectivity index is 1.48. The zero-order valence-electron chi connectivity index (χ0n) is 15.0. The molecule has 1 heterocycles. The Labute approximate surface area is 146 Å². The van der Waals surface area contributed by atoms with Crippen LogP contribution in [0.4, 0.5) is 0 Å². The Hall–Kier alpha value is -0.160. The third-order valence-electron chi connectivity index (χ3n) is 7.46. The van der Waals surface area contributed by atoms with E-state index < -0.39 is 0 Å². The molecule has 4 fully saturated rings. The van der Waals surface area contributed by atoms with Gasteiger partial charge in [-0.1, -0.05) is 12.8 Å². The molecule has 0 aromatic rings. The van der Waals surface area contributed by atoms with E-state index in [9.17, 15) is 10.2 Å². The van der Waals surface area contributed by atoms with Gasteiger partial charge in [0.1, 0.15) is 0 Å². The first-order valence-electron chi connectivity index (χ1n) is 10.6. The van der Waals surface area contributed by atoms with E-state index in [2.05, 4.69) is 10.6 Å². The second-order valence-electron chi connectivity index (χ2n) is 9.02. The van der Waals surface area contributed by atoms with Gasteiger partial charge in [-0.3, -0.25) is 0 Å². The Morgan fingerprint density at radius 1 is 0.500 bits per heavy atom. The number of piperazine rings is 1. The van der Waals surface area contributed by atoms with Gasteiger partial charge in [0.15, 0.2) is 0 Å². The average molecular weight is 337 g/mol. The van der Waals surface area contributed by atoms with Gasteiger partial charge in [-0.25, -0.2) is 0 Å². The largest absolute Gasteiger partial charge is 0.393 e. The molecule has 0 amide bonds. The van der Waals surface area contributed by atoms with Gasteiger partial charge < -0.3 is 20.8 Å². The van der Waals surface area contributed by atoms with Crippen molar-refractivity contribution in [3.05, 3.63) is 0 Å². The first-order chi connectivity index (χ1) is 11.7. The molecule has 4 heteroatoms. The second-order valence-corrected chi connectivity index (χ2v) is 9.02. The summed E-state index contributed by atoms with van der Waals surface area (Å²) < 4.78 is 0. The zero-order chi connectivity index (χ0) is 16.5. The van der Waals surface area contributed by atoms with Crippen LogP contribution in [0.1, 0.15) is 77.0 Å². The van der Waals surface area contributed by atoms with E-state index >= 15 is 0 Å². The van der Waals surface area contributed by atoms with Gasteiger partial charge in [0, 0.05) is 24.2 Å². The monoisotopic (exact) mass is 336 g/mol. The third-order valence-corrected chi connectivity index (χ3v) is 7.46. The van der Waals surface area contributed by atoms with Crippen molar-refractivity contribution >= 4 is 0 Å². The van der Waals surface area contributed by atoms with Crippen LogP contribution in [0.5, 0.6) is 0 Å². The molecular formula is C20H36N2O2. The minimum atomic E-state index is -0.0662. The van der Waals surface area contributed by atoms with Crippen LogP contribution in [-0.4, -0.2) is 46.6 Å². The Morgan fingerprint density at radius 2 is 0.875 bits per heavy atom. The van der Waals surface area contributed by atoms with Crippen molar-refractivity contribution in [2.75, 3.05) is 0 Å². The molecule has 1 saturated heterocycles. The standard InChI is InChI=1S/C20H36N2O2/c23-15-9-5-13(6-10-15)19-20(14-7-11-16(24)12-8-14)22-18-4-2-1-3-17(18)21-19/h13-24H,1-12H2. The molecule has 0 aromatic carbocycles. The van der Waals surface area contributed by atoms with E-state index in [1.165, 1.54) is 51.4 Å². The van der Waals surface area contributed by atoms with Crippen LogP contribution < -0.4 is 10.6 Å². The molecule has 4 N–H and O–H groups in total. The highest BCUT2D eigenvalue weighted by Crippen LogP contribution is 2.37. The summed E-state index contributed by atoms with van der Waals surface area (Å²) in [5.41, 5.74) is 0. The predicted octanol–water partition coefficient (Wildman–Crippen LogP) is 2.33. The van der Waals surface area contributed by atoms with Crippen LogP contribution in [0, 0.1) is 11.8 Å². The van der Waals surface area contributed by atoms with Crippen molar-refractivity contribution in [2.24, 2.45) is 11.8 Å². The summed E-state index contributed by atoms with van der Waals surface area (Å²) >= 11 is 0. The molecule has 138 valence electrons. The van der Waals surface area contributed by atoms with Gasteiger partial charge in [-0.05, 0) is 76.0 Å². The molecule has 4 unspecified atom stereocenters. The normalized spacial score (nSPS) is 50.2. The van der Waals surface area contributed by atoms with Crippen molar-refractivity contribution in [2.45, 2.75) is 113 Å². The minimum absolute atomic E-state index is 0.0662. The molecule has 0 radical (unpaired) electrons. The molecule has 4 aliphatic rings.